The second-order valence-electron chi connectivity index (χ2n) is 4.07. The fourth-order valence-corrected chi connectivity index (χ4v) is 1.74. The molecule has 0 aliphatic rings. The average molecular weight is 215 g/mol. The molecule has 0 aliphatic heterocycles. The molecule has 0 amide bonds. The van der Waals surface area contributed by atoms with Gasteiger partial charge in [0.1, 0.15) is 0 Å². The zero-order valence-corrected chi connectivity index (χ0v) is 10.3. The van der Waals surface area contributed by atoms with Gasteiger partial charge in [-0.15, -0.1) is 0 Å². The van der Waals surface area contributed by atoms with Crippen molar-refractivity contribution in [3.8, 4) is 0 Å². The van der Waals surface area contributed by atoms with Crippen LogP contribution in [0.1, 0.15) is 46.5 Å². The lowest BCUT2D eigenvalue weighted by Crippen LogP contribution is -2.30. The second-order valence-corrected chi connectivity index (χ2v) is 4.07. The van der Waals surface area contributed by atoms with Crippen LogP contribution in [0, 0.1) is 5.92 Å². The lowest BCUT2D eigenvalue weighted by Gasteiger charge is -2.24. The fourth-order valence-electron chi connectivity index (χ4n) is 1.74. The Hall–Kier alpha value is -0.570. The molecule has 0 unspecified atom stereocenters. The van der Waals surface area contributed by atoms with Gasteiger partial charge in [-0.2, -0.15) is 0 Å². The number of aliphatic carboxylic acids is 1. The van der Waals surface area contributed by atoms with Crippen LogP contribution in [0.4, 0.5) is 0 Å². The Morgan fingerprint density at radius 1 is 1.27 bits per heavy atom. The Kier molecular flexibility index (Phi) is 8.38. The normalized spacial score (nSPS) is 11.3. The maximum atomic E-state index is 10.4. The van der Waals surface area contributed by atoms with Gasteiger partial charge in [-0.05, 0) is 25.4 Å². The van der Waals surface area contributed by atoms with E-state index in [1.54, 1.807) is 0 Å². The zero-order valence-electron chi connectivity index (χ0n) is 10.3. The largest absolute Gasteiger partial charge is 0.481 e. The van der Waals surface area contributed by atoms with E-state index in [1.807, 2.05) is 0 Å². The third kappa shape index (κ3) is 7.37. The van der Waals surface area contributed by atoms with Crippen molar-refractivity contribution in [2.24, 2.45) is 5.92 Å². The monoisotopic (exact) mass is 215 g/mol. The van der Waals surface area contributed by atoms with Crippen molar-refractivity contribution in [1.29, 1.82) is 0 Å². The molecule has 0 radical (unpaired) electrons. The standard InChI is InChI=1S/C12H25NO2/c1-4-11(5-2)10-13(6-3)9-7-8-12(14)15/h11H,4-10H2,1-3H3,(H,14,15). The van der Waals surface area contributed by atoms with E-state index in [0.29, 0.717) is 6.42 Å². The molecule has 0 atom stereocenters. The maximum absolute atomic E-state index is 10.4. The summed E-state index contributed by atoms with van der Waals surface area (Å²) in [5, 5.41) is 8.55. The minimum Gasteiger partial charge on any atom is -0.481 e. The molecule has 0 aromatic carbocycles. The second kappa shape index (κ2) is 8.72. The van der Waals surface area contributed by atoms with E-state index in [9.17, 15) is 4.79 Å². The molecule has 90 valence electrons. The fraction of sp³-hybridized carbons (Fsp3) is 0.917. The van der Waals surface area contributed by atoms with Crippen molar-refractivity contribution < 1.29 is 9.90 Å². The summed E-state index contributed by atoms with van der Waals surface area (Å²) in [5.74, 6) is 0.0726. The van der Waals surface area contributed by atoms with Gasteiger partial charge < -0.3 is 10.0 Å². The summed E-state index contributed by atoms with van der Waals surface area (Å²) in [6.45, 7) is 9.64. The topological polar surface area (TPSA) is 40.5 Å². The molecule has 0 heterocycles. The molecule has 0 aromatic heterocycles. The SMILES string of the molecule is CCC(CC)CN(CC)CCCC(=O)O. The van der Waals surface area contributed by atoms with E-state index in [-0.39, 0.29) is 0 Å². The predicted octanol–water partition coefficient (Wildman–Crippen LogP) is 2.61. The van der Waals surface area contributed by atoms with Gasteiger partial charge in [-0.1, -0.05) is 33.6 Å². The molecule has 0 aliphatic carbocycles. The first kappa shape index (κ1) is 14.4. The molecule has 1 N–H and O–H groups in total. The molecule has 0 fully saturated rings. The number of rotatable bonds is 9. The van der Waals surface area contributed by atoms with Crippen LogP contribution >= 0.6 is 0 Å². The predicted molar refractivity (Wildman–Crippen MR) is 63.1 cm³/mol. The van der Waals surface area contributed by atoms with Gasteiger partial charge in [-0.25, -0.2) is 0 Å². The van der Waals surface area contributed by atoms with Crippen molar-refractivity contribution in [1.82, 2.24) is 4.90 Å². The summed E-state index contributed by atoms with van der Waals surface area (Å²) in [6.07, 6.45) is 3.49. The van der Waals surface area contributed by atoms with Crippen LogP contribution in [0.2, 0.25) is 0 Å². The Bertz CT molecular complexity index is 167. The quantitative estimate of drug-likeness (QED) is 0.642. The molecule has 0 saturated carbocycles. The number of carboxylic acids is 1. The molecule has 0 rings (SSSR count). The van der Waals surface area contributed by atoms with Crippen LogP contribution < -0.4 is 0 Å². The van der Waals surface area contributed by atoms with E-state index in [0.717, 1.165) is 32.0 Å². The first-order valence-corrected chi connectivity index (χ1v) is 6.08. The van der Waals surface area contributed by atoms with Crippen LogP contribution in [0.3, 0.4) is 0 Å². The van der Waals surface area contributed by atoms with Crippen LogP contribution in [0.25, 0.3) is 0 Å². The third-order valence-corrected chi connectivity index (χ3v) is 2.98. The van der Waals surface area contributed by atoms with Gasteiger partial charge in [0.2, 0.25) is 0 Å². The minimum absolute atomic E-state index is 0.291. The van der Waals surface area contributed by atoms with Gasteiger partial charge >= 0.3 is 5.97 Å². The Morgan fingerprint density at radius 2 is 1.87 bits per heavy atom. The lowest BCUT2D eigenvalue weighted by molar-refractivity contribution is -0.137. The third-order valence-electron chi connectivity index (χ3n) is 2.98. The molecule has 0 spiro atoms. The summed E-state index contributed by atoms with van der Waals surface area (Å²) in [7, 11) is 0. The molecule has 0 saturated heterocycles. The smallest absolute Gasteiger partial charge is 0.303 e. The highest BCUT2D eigenvalue weighted by Gasteiger charge is 2.09. The summed E-state index contributed by atoms with van der Waals surface area (Å²) in [6, 6.07) is 0. The molecule has 3 nitrogen and oxygen atoms in total. The number of hydrogen-bond donors (Lipinski definition) is 1. The van der Waals surface area contributed by atoms with Crippen LogP contribution in [0.15, 0.2) is 0 Å². The zero-order chi connectivity index (χ0) is 11.7. The first-order chi connectivity index (χ1) is 7.13. The van der Waals surface area contributed by atoms with Crippen LogP contribution in [0.5, 0.6) is 0 Å². The van der Waals surface area contributed by atoms with E-state index in [2.05, 4.69) is 25.7 Å². The molecule has 15 heavy (non-hydrogen) atoms. The number of carboxylic acid groups (broad SMARTS) is 1. The maximum Gasteiger partial charge on any atom is 0.303 e. The van der Waals surface area contributed by atoms with E-state index in [1.165, 1.54) is 12.8 Å². The summed E-state index contributed by atoms with van der Waals surface area (Å²) < 4.78 is 0. The molecule has 3 heteroatoms. The number of nitrogens with zero attached hydrogens (tertiary/aromatic N) is 1. The van der Waals surface area contributed by atoms with Gasteiger partial charge in [0, 0.05) is 13.0 Å². The van der Waals surface area contributed by atoms with E-state index >= 15 is 0 Å². The van der Waals surface area contributed by atoms with Gasteiger partial charge in [-0.3, -0.25) is 4.79 Å². The molecule has 0 bridgehead atoms. The summed E-state index contributed by atoms with van der Waals surface area (Å²) in [5.41, 5.74) is 0. The highest BCUT2D eigenvalue weighted by atomic mass is 16.4. The van der Waals surface area contributed by atoms with Crippen molar-refractivity contribution in [3.63, 3.8) is 0 Å². The summed E-state index contributed by atoms with van der Waals surface area (Å²) >= 11 is 0. The van der Waals surface area contributed by atoms with Gasteiger partial charge in [0.15, 0.2) is 0 Å². The number of carbonyl (C=O) groups is 1. The van der Waals surface area contributed by atoms with Crippen molar-refractivity contribution >= 4 is 5.97 Å². The Labute approximate surface area is 93.5 Å². The lowest BCUT2D eigenvalue weighted by atomic mass is 10.0. The van der Waals surface area contributed by atoms with E-state index in [4.69, 9.17) is 5.11 Å². The van der Waals surface area contributed by atoms with E-state index < -0.39 is 5.97 Å². The minimum atomic E-state index is -0.686. The highest BCUT2D eigenvalue weighted by Crippen LogP contribution is 2.10. The van der Waals surface area contributed by atoms with Crippen LogP contribution in [-0.4, -0.2) is 35.6 Å². The number of hydrogen-bond acceptors (Lipinski definition) is 2. The first-order valence-electron chi connectivity index (χ1n) is 6.08. The van der Waals surface area contributed by atoms with Crippen LogP contribution in [-0.2, 0) is 4.79 Å². The molecular formula is C12H25NO2. The van der Waals surface area contributed by atoms with Crippen molar-refractivity contribution in [3.05, 3.63) is 0 Å². The molecular weight excluding hydrogens is 190 g/mol. The average Bonchev–Trinajstić information content (AvgIpc) is 2.22. The highest BCUT2D eigenvalue weighted by molar-refractivity contribution is 5.66. The Balaban J connectivity index is 3.76. The van der Waals surface area contributed by atoms with Gasteiger partial charge in [0.05, 0.1) is 0 Å². The van der Waals surface area contributed by atoms with Gasteiger partial charge in [0.25, 0.3) is 0 Å². The van der Waals surface area contributed by atoms with Crippen molar-refractivity contribution in [2.45, 2.75) is 46.5 Å². The molecule has 0 aromatic rings. The Morgan fingerprint density at radius 3 is 2.27 bits per heavy atom. The van der Waals surface area contributed by atoms with Crippen molar-refractivity contribution in [2.75, 3.05) is 19.6 Å². The summed E-state index contributed by atoms with van der Waals surface area (Å²) in [4.78, 5) is 12.7.